The second-order valence-electron chi connectivity index (χ2n) is 6.85. The van der Waals surface area contributed by atoms with Crippen LogP contribution in [0.3, 0.4) is 0 Å². The maximum absolute atomic E-state index is 4.57. The molecule has 0 aromatic carbocycles. The van der Waals surface area contributed by atoms with Crippen LogP contribution in [0.4, 0.5) is 0 Å². The van der Waals surface area contributed by atoms with Crippen LogP contribution in [-0.4, -0.2) is 9.97 Å². The maximum atomic E-state index is 4.57. The molecule has 0 atom stereocenters. The summed E-state index contributed by atoms with van der Waals surface area (Å²) in [5.74, 6) is 0. The first kappa shape index (κ1) is 18.6. The van der Waals surface area contributed by atoms with Gasteiger partial charge < -0.3 is 0 Å². The van der Waals surface area contributed by atoms with Crippen LogP contribution in [0, 0.1) is 6.92 Å². The minimum atomic E-state index is 0.954. The van der Waals surface area contributed by atoms with Gasteiger partial charge in [0.25, 0.3) is 0 Å². The first-order valence-corrected chi connectivity index (χ1v) is 9.67. The predicted molar refractivity (Wildman–Crippen MR) is 103 cm³/mol. The third-order valence-corrected chi connectivity index (χ3v) is 4.57. The number of hydrogen-bond acceptors (Lipinski definition) is 2. The minimum Gasteiger partial charge on any atom is -0.254 e. The highest BCUT2D eigenvalue weighted by molar-refractivity contribution is 5.53. The summed E-state index contributed by atoms with van der Waals surface area (Å²) in [5.41, 5.74) is 4.44. The van der Waals surface area contributed by atoms with Crippen molar-refractivity contribution in [3.8, 4) is 11.4 Å². The van der Waals surface area contributed by atoms with Gasteiger partial charge in [-0.2, -0.15) is 0 Å². The van der Waals surface area contributed by atoms with Gasteiger partial charge in [-0.3, -0.25) is 9.97 Å². The van der Waals surface area contributed by atoms with Crippen molar-refractivity contribution in [2.24, 2.45) is 0 Å². The molecule has 0 bridgehead atoms. The molecule has 0 amide bonds. The monoisotopic (exact) mass is 324 g/mol. The quantitative estimate of drug-likeness (QED) is 0.439. The highest BCUT2D eigenvalue weighted by atomic mass is 14.8. The number of aromatic nitrogens is 2. The Morgan fingerprint density at radius 3 is 1.79 bits per heavy atom. The molecule has 2 rings (SSSR count). The lowest BCUT2D eigenvalue weighted by Crippen LogP contribution is -1.91. The van der Waals surface area contributed by atoms with Crippen molar-refractivity contribution in [3.63, 3.8) is 0 Å². The standard InChI is InChI=1S/C22H32N2/c1-3-4-5-6-7-8-9-10-11-12-20-14-16-22(24-18-20)21-15-13-19(2)17-23-21/h13-18H,3-12H2,1-2H3. The van der Waals surface area contributed by atoms with E-state index < -0.39 is 0 Å². The summed E-state index contributed by atoms with van der Waals surface area (Å²) in [7, 11) is 0. The Labute approximate surface area is 147 Å². The molecule has 2 aromatic heterocycles. The van der Waals surface area contributed by atoms with E-state index in [1.165, 1.54) is 68.9 Å². The molecule has 0 fully saturated rings. The Morgan fingerprint density at radius 1 is 0.667 bits per heavy atom. The van der Waals surface area contributed by atoms with Gasteiger partial charge >= 0.3 is 0 Å². The van der Waals surface area contributed by atoms with Crippen molar-refractivity contribution in [3.05, 3.63) is 47.8 Å². The van der Waals surface area contributed by atoms with Gasteiger partial charge in [0.05, 0.1) is 11.4 Å². The van der Waals surface area contributed by atoms with E-state index in [9.17, 15) is 0 Å². The Hall–Kier alpha value is -1.70. The molecule has 2 nitrogen and oxygen atoms in total. The van der Waals surface area contributed by atoms with Crippen molar-refractivity contribution in [1.29, 1.82) is 0 Å². The maximum Gasteiger partial charge on any atom is 0.0886 e. The highest BCUT2D eigenvalue weighted by Crippen LogP contribution is 2.16. The lowest BCUT2D eigenvalue weighted by molar-refractivity contribution is 0.564. The van der Waals surface area contributed by atoms with Crippen LogP contribution in [-0.2, 0) is 6.42 Å². The van der Waals surface area contributed by atoms with Gasteiger partial charge in [0.2, 0.25) is 0 Å². The van der Waals surface area contributed by atoms with Crippen molar-refractivity contribution in [1.82, 2.24) is 9.97 Å². The first-order chi connectivity index (χ1) is 11.8. The van der Waals surface area contributed by atoms with Crippen LogP contribution in [0.2, 0.25) is 0 Å². The second kappa shape index (κ2) is 11.0. The SMILES string of the molecule is CCCCCCCCCCCc1ccc(-c2ccc(C)cn2)nc1. The summed E-state index contributed by atoms with van der Waals surface area (Å²) < 4.78 is 0. The molecular weight excluding hydrogens is 292 g/mol. The van der Waals surface area contributed by atoms with Gasteiger partial charge in [-0.1, -0.05) is 70.4 Å². The van der Waals surface area contributed by atoms with E-state index in [4.69, 9.17) is 0 Å². The van der Waals surface area contributed by atoms with E-state index in [0.29, 0.717) is 0 Å². The summed E-state index contributed by atoms with van der Waals surface area (Å²) in [6.45, 7) is 4.33. The normalized spacial score (nSPS) is 10.9. The van der Waals surface area contributed by atoms with Crippen LogP contribution >= 0.6 is 0 Å². The molecule has 0 saturated heterocycles. The molecule has 0 aliphatic carbocycles. The molecule has 0 unspecified atom stereocenters. The fraction of sp³-hybridized carbons (Fsp3) is 0.545. The van der Waals surface area contributed by atoms with E-state index in [1.807, 2.05) is 18.5 Å². The number of aryl methyl sites for hydroxylation is 2. The molecule has 0 aliphatic heterocycles. The molecule has 2 heterocycles. The van der Waals surface area contributed by atoms with Crippen molar-refractivity contribution < 1.29 is 0 Å². The lowest BCUT2D eigenvalue weighted by atomic mass is 10.0. The van der Waals surface area contributed by atoms with Gasteiger partial charge in [0, 0.05) is 12.4 Å². The Balaban J connectivity index is 1.63. The van der Waals surface area contributed by atoms with Gasteiger partial charge in [-0.15, -0.1) is 0 Å². The predicted octanol–water partition coefficient (Wildman–Crippen LogP) is 6.53. The van der Waals surface area contributed by atoms with Crippen LogP contribution in [0.1, 0.15) is 75.8 Å². The molecule has 0 N–H and O–H groups in total. The number of pyridine rings is 2. The molecule has 130 valence electrons. The zero-order chi connectivity index (χ0) is 17.0. The molecule has 0 spiro atoms. The zero-order valence-electron chi connectivity index (χ0n) is 15.4. The summed E-state index contributed by atoms with van der Waals surface area (Å²) in [6.07, 6.45) is 17.5. The number of rotatable bonds is 11. The van der Waals surface area contributed by atoms with E-state index in [1.54, 1.807) is 0 Å². The molecule has 0 radical (unpaired) electrons. The summed E-state index contributed by atoms with van der Waals surface area (Å²) in [5, 5.41) is 0. The fourth-order valence-electron chi connectivity index (χ4n) is 2.98. The van der Waals surface area contributed by atoms with Crippen molar-refractivity contribution >= 4 is 0 Å². The van der Waals surface area contributed by atoms with Gasteiger partial charge in [0.15, 0.2) is 0 Å². The second-order valence-corrected chi connectivity index (χ2v) is 6.85. The number of nitrogens with zero attached hydrogens (tertiary/aromatic N) is 2. The smallest absolute Gasteiger partial charge is 0.0886 e. The third-order valence-electron chi connectivity index (χ3n) is 4.57. The molecule has 2 aromatic rings. The Morgan fingerprint density at radius 2 is 1.25 bits per heavy atom. The molecule has 0 aliphatic rings. The van der Waals surface area contributed by atoms with E-state index in [0.717, 1.165) is 17.8 Å². The van der Waals surface area contributed by atoms with Crippen LogP contribution in [0.25, 0.3) is 11.4 Å². The Kier molecular flexibility index (Phi) is 8.51. The highest BCUT2D eigenvalue weighted by Gasteiger charge is 2.01. The summed E-state index contributed by atoms with van der Waals surface area (Å²) >= 11 is 0. The van der Waals surface area contributed by atoms with Crippen molar-refractivity contribution in [2.45, 2.75) is 78.1 Å². The van der Waals surface area contributed by atoms with Crippen molar-refractivity contribution in [2.75, 3.05) is 0 Å². The van der Waals surface area contributed by atoms with E-state index >= 15 is 0 Å². The van der Waals surface area contributed by atoms with Crippen LogP contribution in [0.5, 0.6) is 0 Å². The third kappa shape index (κ3) is 6.82. The van der Waals surface area contributed by atoms with E-state index in [2.05, 4.69) is 42.0 Å². The lowest BCUT2D eigenvalue weighted by Gasteiger charge is -2.04. The van der Waals surface area contributed by atoms with Gasteiger partial charge in [0.1, 0.15) is 0 Å². The summed E-state index contributed by atoms with van der Waals surface area (Å²) in [6, 6.07) is 8.42. The summed E-state index contributed by atoms with van der Waals surface area (Å²) in [4.78, 5) is 9.01. The molecule has 24 heavy (non-hydrogen) atoms. The average molecular weight is 325 g/mol. The topological polar surface area (TPSA) is 25.8 Å². The molecule has 0 saturated carbocycles. The Bertz CT molecular complexity index is 558. The number of hydrogen-bond donors (Lipinski definition) is 0. The first-order valence-electron chi connectivity index (χ1n) is 9.67. The van der Waals surface area contributed by atoms with Crippen LogP contribution < -0.4 is 0 Å². The average Bonchev–Trinajstić information content (AvgIpc) is 2.62. The largest absolute Gasteiger partial charge is 0.254 e. The molecular formula is C22H32N2. The molecule has 2 heteroatoms. The van der Waals surface area contributed by atoms with Gasteiger partial charge in [-0.25, -0.2) is 0 Å². The van der Waals surface area contributed by atoms with E-state index in [-0.39, 0.29) is 0 Å². The zero-order valence-corrected chi connectivity index (χ0v) is 15.4. The van der Waals surface area contributed by atoms with Crippen LogP contribution in [0.15, 0.2) is 36.7 Å². The minimum absolute atomic E-state index is 0.954. The number of unbranched alkanes of at least 4 members (excludes halogenated alkanes) is 8. The fourth-order valence-corrected chi connectivity index (χ4v) is 2.98. The van der Waals surface area contributed by atoms with Gasteiger partial charge in [-0.05, 0) is 43.0 Å².